The quantitative estimate of drug-likeness (QED) is 0.348. The van der Waals surface area contributed by atoms with Gasteiger partial charge in [0.15, 0.2) is 11.5 Å². The summed E-state index contributed by atoms with van der Waals surface area (Å²) in [7, 11) is 3.04. The first-order valence-electron chi connectivity index (χ1n) is 11.0. The predicted molar refractivity (Wildman–Crippen MR) is 130 cm³/mol. The Hall–Kier alpha value is -4.53. The van der Waals surface area contributed by atoms with E-state index in [1.165, 1.54) is 20.5 Å². The lowest BCUT2D eigenvalue weighted by molar-refractivity contribution is 0.102. The van der Waals surface area contributed by atoms with Crippen molar-refractivity contribution >= 4 is 11.6 Å². The monoisotopic (exact) mass is 474 g/mol. The zero-order chi connectivity index (χ0) is 24.5. The van der Waals surface area contributed by atoms with Crippen LogP contribution in [0.15, 0.2) is 79.4 Å². The number of nitrogens with one attached hydrogen (secondary N) is 1. The molecule has 3 aromatic carbocycles. The van der Waals surface area contributed by atoms with Crippen molar-refractivity contribution in [2.24, 2.45) is 0 Å². The third-order valence-electron chi connectivity index (χ3n) is 5.10. The highest BCUT2D eigenvalue weighted by Crippen LogP contribution is 2.39. The van der Waals surface area contributed by atoms with E-state index in [-0.39, 0.29) is 5.91 Å². The highest BCUT2D eigenvalue weighted by atomic mass is 16.5. The molecular weight excluding hydrogens is 448 g/mol. The van der Waals surface area contributed by atoms with Gasteiger partial charge in [0.05, 0.1) is 20.8 Å². The summed E-state index contributed by atoms with van der Waals surface area (Å²) in [5.41, 5.74) is 1.96. The number of aromatic nitrogens is 3. The zero-order valence-electron chi connectivity index (χ0n) is 19.5. The molecule has 35 heavy (non-hydrogen) atoms. The number of ether oxygens (including phenoxy) is 4. The summed E-state index contributed by atoms with van der Waals surface area (Å²) in [5, 5.41) is 6.92. The Balaban J connectivity index is 1.44. The molecule has 4 rings (SSSR count). The van der Waals surface area contributed by atoms with Gasteiger partial charge in [0.25, 0.3) is 5.91 Å². The molecule has 0 bridgehead atoms. The number of anilines is 1. The zero-order valence-corrected chi connectivity index (χ0v) is 19.5. The van der Waals surface area contributed by atoms with Crippen molar-refractivity contribution in [2.45, 2.75) is 13.2 Å². The Labute approximate surface area is 203 Å². The van der Waals surface area contributed by atoms with E-state index in [0.717, 1.165) is 5.56 Å². The molecule has 1 amide bonds. The van der Waals surface area contributed by atoms with Crippen LogP contribution in [0.2, 0.25) is 0 Å². The second-order valence-electron chi connectivity index (χ2n) is 7.47. The Morgan fingerprint density at radius 3 is 2.40 bits per heavy atom. The number of nitrogens with zero attached hydrogens (tertiary/aromatic N) is 3. The molecule has 0 spiro atoms. The topological polar surface area (TPSA) is 96.7 Å². The molecule has 9 heteroatoms. The van der Waals surface area contributed by atoms with Crippen LogP contribution < -0.4 is 24.3 Å². The van der Waals surface area contributed by atoms with Gasteiger partial charge >= 0.3 is 0 Å². The Bertz CT molecular complexity index is 1220. The highest BCUT2D eigenvalue weighted by molar-refractivity contribution is 6.05. The first-order chi connectivity index (χ1) is 17.2. The number of hydrogen-bond donors (Lipinski definition) is 1. The van der Waals surface area contributed by atoms with E-state index in [4.69, 9.17) is 18.9 Å². The summed E-state index contributed by atoms with van der Waals surface area (Å²) >= 11 is 0. The maximum absolute atomic E-state index is 13.0. The number of carbonyl (C=O) groups is 1. The third-order valence-corrected chi connectivity index (χ3v) is 5.10. The molecule has 4 aromatic rings. The van der Waals surface area contributed by atoms with Crippen molar-refractivity contribution in [3.8, 4) is 23.0 Å². The van der Waals surface area contributed by atoms with Gasteiger partial charge in [-0.25, -0.2) is 9.67 Å². The molecule has 0 atom stereocenters. The van der Waals surface area contributed by atoms with Gasteiger partial charge in [-0.2, -0.15) is 5.10 Å². The van der Waals surface area contributed by atoms with Crippen LogP contribution in [0.1, 0.15) is 15.9 Å². The van der Waals surface area contributed by atoms with Gasteiger partial charge in [0.1, 0.15) is 31.6 Å². The lowest BCUT2D eigenvalue weighted by atomic mass is 10.1. The van der Waals surface area contributed by atoms with Crippen LogP contribution in [0.4, 0.5) is 5.69 Å². The van der Waals surface area contributed by atoms with Crippen LogP contribution >= 0.6 is 0 Å². The molecule has 9 nitrogen and oxygen atoms in total. The summed E-state index contributed by atoms with van der Waals surface area (Å²) in [6.07, 6.45) is 3.10. The first-order valence-corrected chi connectivity index (χ1v) is 11.0. The van der Waals surface area contributed by atoms with Gasteiger partial charge in [0, 0.05) is 17.3 Å². The van der Waals surface area contributed by atoms with Crippen molar-refractivity contribution in [1.82, 2.24) is 14.8 Å². The fraction of sp³-hybridized carbons (Fsp3) is 0.192. The van der Waals surface area contributed by atoms with Crippen molar-refractivity contribution in [1.29, 1.82) is 0 Å². The number of methoxy groups -OCH3 is 2. The average molecular weight is 475 g/mol. The molecule has 180 valence electrons. The van der Waals surface area contributed by atoms with Gasteiger partial charge in [-0.3, -0.25) is 4.79 Å². The Kier molecular flexibility index (Phi) is 7.80. The average Bonchev–Trinajstić information content (AvgIpc) is 3.41. The molecule has 0 aliphatic heterocycles. The fourth-order valence-electron chi connectivity index (χ4n) is 3.36. The molecule has 0 fully saturated rings. The molecule has 1 aromatic heterocycles. The minimum atomic E-state index is -0.323. The van der Waals surface area contributed by atoms with Crippen LogP contribution in [0, 0.1) is 0 Å². The van der Waals surface area contributed by atoms with Gasteiger partial charge in [-0.05, 0) is 29.8 Å². The lowest BCUT2D eigenvalue weighted by Gasteiger charge is -2.16. The smallest absolute Gasteiger partial charge is 0.255 e. The van der Waals surface area contributed by atoms with Crippen LogP contribution in [0.5, 0.6) is 23.0 Å². The minimum absolute atomic E-state index is 0.323. The molecular formula is C26H26N4O5. The van der Waals surface area contributed by atoms with E-state index < -0.39 is 0 Å². The summed E-state index contributed by atoms with van der Waals surface area (Å²) in [6, 6.07) is 20.2. The molecule has 0 unspecified atom stereocenters. The van der Waals surface area contributed by atoms with E-state index in [0.29, 0.717) is 54.0 Å². The van der Waals surface area contributed by atoms with Crippen molar-refractivity contribution in [3.05, 3.63) is 90.5 Å². The number of carbonyl (C=O) groups excluding carboxylic acids is 1. The van der Waals surface area contributed by atoms with E-state index in [2.05, 4.69) is 15.4 Å². The van der Waals surface area contributed by atoms with Gasteiger partial charge in [-0.1, -0.05) is 36.4 Å². The number of benzene rings is 3. The Morgan fingerprint density at radius 2 is 1.71 bits per heavy atom. The normalized spacial score (nSPS) is 10.5. The molecule has 0 aliphatic carbocycles. The largest absolute Gasteiger partial charge is 0.493 e. The third kappa shape index (κ3) is 6.29. The van der Waals surface area contributed by atoms with E-state index in [1.54, 1.807) is 35.3 Å². The van der Waals surface area contributed by atoms with Crippen LogP contribution in [0.25, 0.3) is 0 Å². The van der Waals surface area contributed by atoms with Crippen LogP contribution in [-0.2, 0) is 13.2 Å². The highest BCUT2D eigenvalue weighted by Gasteiger charge is 2.18. The van der Waals surface area contributed by atoms with Gasteiger partial charge in [0.2, 0.25) is 5.75 Å². The minimum Gasteiger partial charge on any atom is -0.493 e. The second-order valence-corrected chi connectivity index (χ2v) is 7.47. The molecule has 0 aliphatic rings. The fourth-order valence-corrected chi connectivity index (χ4v) is 3.36. The number of amides is 1. The predicted octanol–water partition coefficient (Wildman–Crippen LogP) is 4.21. The van der Waals surface area contributed by atoms with Crippen molar-refractivity contribution < 1.29 is 23.7 Å². The SMILES string of the molecule is COc1cc(C(=O)Nc2cccc(OCCn3cncn3)c2)cc(OC)c1OCc1ccccc1. The summed E-state index contributed by atoms with van der Waals surface area (Å²) in [4.78, 5) is 16.9. The lowest BCUT2D eigenvalue weighted by Crippen LogP contribution is -2.13. The van der Waals surface area contributed by atoms with Crippen LogP contribution in [-0.4, -0.2) is 41.5 Å². The molecule has 1 N–H and O–H groups in total. The van der Waals surface area contributed by atoms with E-state index in [1.807, 2.05) is 42.5 Å². The van der Waals surface area contributed by atoms with Crippen LogP contribution in [0.3, 0.4) is 0 Å². The molecule has 1 heterocycles. The molecule has 0 saturated carbocycles. The first kappa shape index (κ1) is 23.6. The Morgan fingerprint density at radius 1 is 0.943 bits per heavy atom. The molecule has 0 radical (unpaired) electrons. The number of hydrogen-bond acceptors (Lipinski definition) is 7. The van der Waals surface area contributed by atoms with E-state index in [9.17, 15) is 4.79 Å². The van der Waals surface area contributed by atoms with Gasteiger partial charge < -0.3 is 24.3 Å². The van der Waals surface area contributed by atoms with Crippen molar-refractivity contribution in [3.63, 3.8) is 0 Å². The second kappa shape index (κ2) is 11.6. The summed E-state index contributed by atoms with van der Waals surface area (Å²) < 4.78 is 24.4. The summed E-state index contributed by atoms with van der Waals surface area (Å²) in [6.45, 7) is 1.32. The number of rotatable bonds is 11. The van der Waals surface area contributed by atoms with Gasteiger partial charge in [-0.15, -0.1) is 0 Å². The molecule has 0 saturated heterocycles. The standard InChI is InChI=1S/C26H26N4O5/c1-32-23-13-20(14-24(33-2)25(23)35-16-19-7-4-3-5-8-19)26(31)29-21-9-6-10-22(15-21)34-12-11-30-18-27-17-28-30/h3-10,13-15,17-18H,11-12,16H2,1-2H3,(H,29,31). The van der Waals surface area contributed by atoms with E-state index >= 15 is 0 Å². The summed E-state index contributed by atoms with van der Waals surface area (Å²) in [5.74, 6) is 1.53. The maximum atomic E-state index is 13.0. The maximum Gasteiger partial charge on any atom is 0.255 e. The van der Waals surface area contributed by atoms with Crippen molar-refractivity contribution in [2.75, 3.05) is 26.1 Å².